The summed E-state index contributed by atoms with van der Waals surface area (Å²) in [6, 6.07) is 10.8. The quantitative estimate of drug-likeness (QED) is 0.872. The van der Waals surface area contributed by atoms with Gasteiger partial charge in [0.1, 0.15) is 6.04 Å². The van der Waals surface area contributed by atoms with Crippen molar-refractivity contribution < 1.29 is 14.4 Å². The second kappa shape index (κ2) is 6.23. The van der Waals surface area contributed by atoms with Gasteiger partial charge in [-0.15, -0.1) is 0 Å². The van der Waals surface area contributed by atoms with Gasteiger partial charge in [0, 0.05) is 6.20 Å². The number of pyridine rings is 1. The summed E-state index contributed by atoms with van der Waals surface area (Å²) in [6.07, 6.45) is 1.64. The number of nitrogens with one attached hydrogen (secondary N) is 1. The summed E-state index contributed by atoms with van der Waals surface area (Å²) in [5.41, 5.74) is 1.38. The monoisotopic (exact) mass is 323 g/mol. The SMILES string of the molecule is CC(NC(=O)[C@H](C)N1C(=O)c2ccccc2C1=O)c1ccccn1. The number of carbonyl (C=O) groups excluding carboxylic acids is 3. The van der Waals surface area contributed by atoms with Gasteiger partial charge in [-0.05, 0) is 38.1 Å². The molecule has 24 heavy (non-hydrogen) atoms. The van der Waals surface area contributed by atoms with Gasteiger partial charge in [-0.2, -0.15) is 0 Å². The highest BCUT2D eigenvalue weighted by atomic mass is 16.2. The van der Waals surface area contributed by atoms with Gasteiger partial charge in [0.05, 0.1) is 22.9 Å². The topological polar surface area (TPSA) is 79.4 Å². The van der Waals surface area contributed by atoms with Crippen molar-refractivity contribution in [3.63, 3.8) is 0 Å². The van der Waals surface area contributed by atoms with Crippen LogP contribution < -0.4 is 5.32 Å². The largest absolute Gasteiger partial charge is 0.346 e. The van der Waals surface area contributed by atoms with Crippen LogP contribution in [0.4, 0.5) is 0 Å². The molecule has 0 aliphatic carbocycles. The van der Waals surface area contributed by atoms with Crippen LogP contribution >= 0.6 is 0 Å². The summed E-state index contributed by atoms with van der Waals surface area (Å²) in [4.78, 5) is 42.5. The molecule has 1 aliphatic heterocycles. The smallest absolute Gasteiger partial charge is 0.262 e. The first-order chi connectivity index (χ1) is 11.5. The molecule has 1 unspecified atom stereocenters. The molecule has 122 valence electrons. The molecule has 0 spiro atoms. The Morgan fingerprint density at radius 2 is 1.58 bits per heavy atom. The van der Waals surface area contributed by atoms with Crippen LogP contribution in [0.2, 0.25) is 0 Å². The second-order valence-electron chi connectivity index (χ2n) is 5.69. The predicted octanol–water partition coefficient (Wildman–Crippen LogP) is 1.94. The zero-order valence-electron chi connectivity index (χ0n) is 13.4. The second-order valence-corrected chi connectivity index (χ2v) is 5.69. The lowest BCUT2D eigenvalue weighted by Crippen LogP contribution is -2.48. The first-order valence-electron chi connectivity index (χ1n) is 7.69. The van der Waals surface area contributed by atoms with E-state index in [0.29, 0.717) is 16.8 Å². The number of aromatic nitrogens is 1. The van der Waals surface area contributed by atoms with Crippen molar-refractivity contribution in [2.24, 2.45) is 0 Å². The predicted molar refractivity (Wildman–Crippen MR) is 87.2 cm³/mol. The normalized spacial score (nSPS) is 15.8. The Kier molecular flexibility index (Phi) is 4.12. The molecular weight excluding hydrogens is 306 g/mol. The van der Waals surface area contributed by atoms with Crippen LogP contribution in [0.5, 0.6) is 0 Å². The Morgan fingerprint density at radius 3 is 2.12 bits per heavy atom. The van der Waals surface area contributed by atoms with E-state index in [1.54, 1.807) is 56.4 Å². The molecule has 3 rings (SSSR count). The molecule has 0 fully saturated rings. The minimum absolute atomic E-state index is 0.323. The van der Waals surface area contributed by atoms with E-state index in [-0.39, 0.29) is 6.04 Å². The van der Waals surface area contributed by atoms with Gasteiger partial charge in [0.2, 0.25) is 5.91 Å². The van der Waals surface area contributed by atoms with Gasteiger partial charge in [0.25, 0.3) is 11.8 Å². The third-order valence-corrected chi connectivity index (χ3v) is 4.08. The lowest BCUT2D eigenvalue weighted by Gasteiger charge is -2.23. The summed E-state index contributed by atoms with van der Waals surface area (Å²) in [5, 5.41) is 2.79. The van der Waals surface area contributed by atoms with E-state index in [9.17, 15) is 14.4 Å². The zero-order valence-corrected chi connectivity index (χ0v) is 13.4. The van der Waals surface area contributed by atoms with E-state index in [1.165, 1.54) is 0 Å². The van der Waals surface area contributed by atoms with E-state index in [0.717, 1.165) is 4.90 Å². The van der Waals surface area contributed by atoms with E-state index in [2.05, 4.69) is 10.3 Å². The van der Waals surface area contributed by atoms with E-state index in [4.69, 9.17) is 0 Å². The molecule has 2 atom stereocenters. The third-order valence-electron chi connectivity index (χ3n) is 4.08. The zero-order chi connectivity index (χ0) is 17.3. The van der Waals surface area contributed by atoms with Crippen LogP contribution in [-0.4, -0.2) is 33.6 Å². The van der Waals surface area contributed by atoms with Gasteiger partial charge < -0.3 is 5.32 Å². The molecule has 0 saturated carbocycles. The molecule has 1 aromatic carbocycles. The molecule has 0 radical (unpaired) electrons. The minimum atomic E-state index is -0.899. The highest BCUT2D eigenvalue weighted by Crippen LogP contribution is 2.24. The number of amides is 3. The van der Waals surface area contributed by atoms with Crippen molar-refractivity contribution in [1.29, 1.82) is 0 Å². The standard InChI is InChI=1S/C18H17N3O3/c1-11(15-9-5-6-10-19-15)20-16(22)12(2)21-17(23)13-7-3-4-8-14(13)18(21)24/h3-12H,1-2H3,(H,20,22)/t11?,12-/m0/s1. The van der Waals surface area contributed by atoms with Crippen molar-refractivity contribution >= 4 is 17.7 Å². The number of benzene rings is 1. The molecule has 6 heteroatoms. The van der Waals surface area contributed by atoms with Gasteiger partial charge in [-0.25, -0.2) is 0 Å². The summed E-state index contributed by atoms with van der Waals surface area (Å²) >= 11 is 0. The van der Waals surface area contributed by atoms with Crippen molar-refractivity contribution in [2.45, 2.75) is 25.9 Å². The lowest BCUT2D eigenvalue weighted by molar-refractivity contribution is -0.125. The highest BCUT2D eigenvalue weighted by molar-refractivity contribution is 6.22. The van der Waals surface area contributed by atoms with Crippen molar-refractivity contribution in [3.8, 4) is 0 Å². The molecule has 1 N–H and O–H groups in total. The molecule has 0 bridgehead atoms. The maximum absolute atomic E-state index is 12.5. The van der Waals surface area contributed by atoms with Gasteiger partial charge in [-0.1, -0.05) is 18.2 Å². The summed E-state index contributed by atoms with van der Waals surface area (Å²) in [6.45, 7) is 3.34. The third kappa shape index (κ3) is 2.67. The van der Waals surface area contributed by atoms with E-state index < -0.39 is 23.8 Å². The molecule has 1 aromatic heterocycles. The van der Waals surface area contributed by atoms with Crippen LogP contribution in [0.1, 0.15) is 46.3 Å². The molecule has 3 amide bonds. The Morgan fingerprint density at radius 1 is 1.00 bits per heavy atom. The highest BCUT2D eigenvalue weighted by Gasteiger charge is 2.40. The Hall–Kier alpha value is -3.02. The molecule has 1 aliphatic rings. The first kappa shape index (κ1) is 15.9. The summed E-state index contributed by atoms with van der Waals surface area (Å²) in [7, 11) is 0. The first-order valence-corrected chi connectivity index (χ1v) is 7.69. The molecule has 2 heterocycles. The molecule has 2 aromatic rings. The maximum atomic E-state index is 12.5. The Labute approximate surface area is 139 Å². The van der Waals surface area contributed by atoms with Crippen LogP contribution in [0.3, 0.4) is 0 Å². The van der Waals surface area contributed by atoms with Crippen molar-refractivity contribution in [1.82, 2.24) is 15.2 Å². The minimum Gasteiger partial charge on any atom is -0.346 e. The summed E-state index contributed by atoms with van der Waals surface area (Å²) in [5.74, 6) is -1.28. The fourth-order valence-corrected chi connectivity index (χ4v) is 2.72. The van der Waals surface area contributed by atoms with Crippen molar-refractivity contribution in [3.05, 3.63) is 65.5 Å². The van der Waals surface area contributed by atoms with Crippen LogP contribution in [0.25, 0.3) is 0 Å². The van der Waals surface area contributed by atoms with Crippen molar-refractivity contribution in [2.75, 3.05) is 0 Å². The fourth-order valence-electron chi connectivity index (χ4n) is 2.72. The summed E-state index contributed by atoms with van der Waals surface area (Å²) < 4.78 is 0. The molecule has 6 nitrogen and oxygen atoms in total. The Bertz CT molecular complexity index is 769. The van der Waals surface area contributed by atoms with Crippen LogP contribution in [-0.2, 0) is 4.79 Å². The van der Waals surface area contributed by atoms with Gasteiger partial charge >= 0.3 is 0 Å². The average Bonchev–Trinajstić information content (AvgIpc) is 2.86. The number of nitrogens with zero attached hydrogens (tertiary/aromatic N) is 2. The van der Waals surface area contributed by atoms with Gasteiger partial charge in [0.15, 0.2) is 0 Å². The number of hydrogen-bond donors (Lipinski definition) is 1. The van der Waals surface area contributed by atoms with E-state index in [1.807, 2.05) is 6.07 Å². The number of hydrogen-bond acceptors (Lipinski definition) is 4. The maximum Gasteiger partial charge on any atom is 0.262 e. The van der Waals surface area contributed by atoms with Crippen LogP contribution in [0.15, 0.2) is 48.7 Å². The fraction of sp³-hybridized carbons (Fsp3) is 0.222. The average molecular weight is 323 g/mol. The molecular formula is C18H17N3O3. The number of imide groups is 1. The number of carbonyl (C=O) groups is 3. The van der Waals surface area contributed by atoms with E-state index >= 15 is 0 Å². The Balaban J connectivity index is 1.75. The lowest BCUT2D eigenvalue weighted by atomic mass is 10.1. The number of rotatable bonds is 4. The van der Waals surface area contributed by atoms with Gasteiger partial charge in [-0.3, -0.25) is 24.3 Å². The van der Waals surface area contributed by atoms with Crippen LogP contribution in [0, 0.1) is 0 Å². The molecule has 0 saturated heterocycles. The number of fused-ring (bicyclic) bond motifs is 1.